The van der Waals surface area contributed by atoms with Gasteiger partial charge in [-0.25, -0.2) is 0 Å². The monoisotopic (exact) mass is 374 g/mol. The topological polar surface area (TPSA) is 27.7 Å². The molecule has 4 aliphatic carbocycles. The molecular weight excluding hydrogens is 336 g/mol. The summed E-state index contributed by atoms with van der Waals surface area (Å²) in [7, 11) is 0. The Morgan fingerprint density at radius 2 is 1.07 bits per heavy atom. The van der Waals surface area contributed by atoms with Crippen LogP contribution >= 0.6 is 0 Å². The van der Waals surface area contributed by atoms with Gasteiger partial charge in [-0.05, 0) is 71.0 Å². The van der Waals surface area contributed by atoms with Crippen LogP contribution in [-0.2, 0) is 14.2 Å². The van der Waals surface area contributed by atoms with E-state index in [0.29, 0.717) is 45.7 Å². The van der Waals surface area contributed by atoms with Gasteiger partial charge in [-0.15, -0.1) is 0 Å². The van der Waals surface area contributed by atoms with E-state index in [1.54, 1.807) is 0 Å². The zero-order chi connectivity index (χ0) is 19.0. The standard InChI is InChI=1S/C24H38O3/c1-21(2)15-7-9-23(21,5)19-13(15)11-17(26-19)25-18-12-14-16-8-10-24(6,20(14)27-18)22(16,3)4/h13-20H,7-12H2,1-6H3/t13-,14-,15-,16-,17-,18-,19-,20-,23+,24+/m1/s1. The van der Waals surface area contributed by atoms with Crippen LogP contribution in [-0.4, -0.2) is 24.8 Å². The van der Waals surface area contributed by atoms with Crippen LogP contribution in [0, 0.1) is 45.3 Å². The molecule has 0 radical (unpaired) electrons. The zero-order valence-electron chi connectivity index (χ0n) is 18.1. The first-order chi connectivity index (χ1) is 12.6. The Bertz CT molecular complexity index is 615. The Kier molecular flexibility index (Phi) is 3.25. The van der Waals surface area contributed by atoms with E-state index < -0.39 is 0 Å². The second-order valence-electron chi connectivity index (χ2n) is 12.5. The van der Waals surface area contributed by atoms with Crippen molar-refractivity contribution in [3.63, 3.8) is 0 Å². The smallest absolute Gasteiger partial charge is 0.161 e. The lowest BCUT2D eigenvalue weighted by atomic mass is 9.70. The van der Waals surface area contributed by atoms with Crippen LogP contribution in [0.2, 0.25) is 0 Å². The minimum atomic E-state index is -0.0432. The number of ether oxygens (including phenoxy) is 3. The molecule has 2 aliphatic heterocycles. The van der Waals surface area contributed by atoms with Crippen molar-refractivity contribution in [1.82, 2.24) is 0 Å². The van der Waals surface area contributed by atoms with Crippen molar-refractivity contribution >= 4 is 0 Å². The zero-order valence-corrected chi connectivity index (χ0v) is 18.1. The normalized spacial score (nSPS) is 61.6. The molecule has 6 aliphatic rings. The third-order valence-corrected chi connectivity index (χ3v) is 11.6. The average Bonchev–Trinajstić information content (AvgIpc) is 3.33. The fraction of sp³-hybridized carbons (Fsp3) is 1.00. The average molecular weight is 375 g/mol. The van der Waals surface area contributed by atoms with Gasteiger partial charge in [0.05, 0.1) is 12.2 Å². The summed E-state index contributed by atoms with van der Waals surface area (Å²) >= 11 is 0. The van der Waals surface area contributed by atoms with Crippen LogP contribution in [0.4, 0.5) is 0 Å². The fourth-order valence-electron chi connectivity index (χ4n) is 9.31. The van der Waals surface area contributed by atoms with E-state index in [0.717, 1.165) is 24.7 Å². The van der Waals surface area contributed by atoms with Gasteiger partial charge in [0.2, 0.25) is 0 Å². The highest BCUT2D eigenvalue weighted by molar-refractivity contribution is 5.18. The Labute approximate surface area is 164 Å². The highest BCUT2D eigenvalue weighted by Gasteiger charge is 2.71. The lowest BCUT2D eigenvalue weighted by molar-refractivity contribution is -0.252. The van der Waals surface area contributed by atoms with Crippen molar-refractivity contribution in [3.8, 4) is 0 Å². The highest BCUT2D eigenvalue weighted by atomic mass is 16.8. The Morgan fingerprint density at radius 3 is 1.44 bits per heavy atom. The van der Waals surface area contributed by atoms with E-state index in [9.17, 15) is 0 Å². The van der Waals surface area contributed by atoms with Crippen LogP contribution in [0.1, 0.15) is 80.1 Å². The predicted octanol–water partition coefficient (Wildman–Crippen LogP) is 5.38. The second-order valence-corrected chi connectivity index (χ2v) is 12.5. The predicted molar refractivity (Wildman–Crippen MR) is 104 cm³/mol. The number of hydrogen-bond donors (Lipinski definition) is 0. The molecule has 0 aromatic carbocycles. The molecule has 152 valence electrons. The molecule has 6 fully saturated rings. The molecule has 2 heterocycles. The summed E-state index contributed by atoms with van der Waals surface area (Å²) in [6.45, 7) is 14.8. The van der Waals surface area contributed by atoms with Gasteiger partial charge in [-0.2, -0.15) is 0 Å². The molecular formula is C24H38O3. The molecule has 4 bridgehead atoms. The van der Waals surface area contributed by atoms with E-state index >= 15 is 0 Å². The third-order valence-electron chi connectivity index (χ3n) is 11.6. The van der Waals surface area contributed by atoms with Crippen molar-refractivity contribution < 1.29 is 14.2 Å². The molecule has 0 aromatic rings. The van der Waals surface area contributed by atoms with Crippen molar-refractivity contribution in [2.24, 2.45) is 45.3 Å². The summed E-state index contributed by atoms with van der Waals surface area (Å²) in [6.07, 6.45) is 8.24. The molecule has 2 saturated heterocycles. The minimum absolute atomic E-state index is 0.0432. The Balaban J connectivity index is 1.15. The molecule has 10 atom stereocenters. The SMILES string of the molecule is CC1(C)[C@@H]2CC[C@@]1(C)[C@@H]1O[C@@H](O[C@H]3C[C@@H]4[C@H]5CC[C@@](C)([C@@H]4O3)C5(C)C)C[C@H]21. The second kappa shape index (κ2) is 4.95. The van der Waals surface area contributed by atoms with E-state index in [2.05, 4.69) is 41.5 Å². The van der Waals surface area contributed by atoms with E-state index in [1.807, 2.05) is 0 Å². The highest BCUT2D eigenvalue weighted by Crippen LogP contribution is 2.72. The minimum Gasteiger partial charge on any atom is -0.348 e. The van der Waals surface area contributed by atoms with Crippen LogP contribution in [0.25, 0.3) is 0 Å². The number of fused-ring (bicyclic) bond motifs is 10. The lowest BCUT2D eigenvalue weighted by Gasteiger charge is -2.39. The molecule has 4 saturated carbocycles. The van der Waals surface area contributed by atoms with Gasteiger partial charge in [0.15, 0.2) is 12.6 Å². The fourth-order valence-corrected chi connectivity index (χ4v) is 9.31. The van der Waals surface area contributed by atoms with Crippen LogP contribution < -0.4 is 0 Å². The number of rotatable bonds is 2. The summed E-state index contributed by atoms with van der Waals surface area (Å²) < 4.78 is 19.6. The van der Waals surface area contributed by atoms with Crippen LogP contribution in [0.3, 0.4) is 0 Å². The van der Waals surface area contributed by atoms with Crippen molar-refractivity contribution in [1.29, 1.82) is 0 Å². The third kappa shape index (κ3) is 1.83. The van der Waals surface area contributed by atoms with E-state index in [-0.39, 0.29) is 12.6 Å². The molecule has 0 unspecified atom stereocenters. The molecule has 3 heteroatoms. The lowest BCUT2D eigenvalue weighted by Crippen LogP contribution is -2.39. The maximum Gasteiger partial charge on any atom is 0.161 e. The molecule has 27 heavy (non-hydrogen) atoms. The number of hydrogen-bond acceptors (Lipinski definition) is 3. The van der Waals surface area contributed by atoms with Gasteiger partial charge < -0.3 is 14.2 Å². The quantitative estimate of drug-likeness (QED) is 0.650. The molecule has 6 rings (SSSR count). The summed E-state index contributed by atoms with van der Waals surface area (Å²) in [5, 5.41) is 0. The largest absolute Gasteiger partial charge is 0.348 e. The first-order valence-corrected chi connectivity index (χ1v) is 11.6. The Hall–Kier alpha value is -0.120. The molecule has 0 N–H and O–H groups in total. The molecule has 0 spiro atoms. The summed E-state index contributed by atoms with van der Waals surface area (Å²) in [5.74, 6) is 3.00. The van der Waals surface area contributed by atoms with Gasteiger partial charge in [0.25, 0.3) is 0 Å². The van der Waals surface area contributed by atoms with Crippen molar-refractivity contribution in [2.75, 3.05) is 0 Å². The van der Waals surface area contributed by atoms with Crippen molar-refractivity contribution in [3.05, 3.63) is 0 Å². The summed E-state index contributed by atoms with van der Waals surface area (Å²) in [6, 6.07) is 0. The molecule has 3 nitrogen and oxygen atoms in total. The summed E-state index contributed by atoms with van der Waals surface area (Å²) in [4.78, 5) is 0. The maximum atomic E-state index is 6.58. The summed E-state index contributed by atoms with van der Waals surface area (Å²) in [5.41, 5.74) is 1.47. The molecule has 0 aromatic heterocycles. The van der Waals surface area contributed by atoms with E-state index in [4.69, 9.17) is 14.2 Å². The van der Waals surface area contributed by atoms with Gasteiger partial charge in [-0.3, -0.25) is 0 Å². The van der Waals surface area contributed by atoms with Gasteiger partial charge >= 0.3 is 0 Å². The van der Waals surface area contributed by atoms with Gasteiger partial charge in [0.1, 0.15) is 0 Å². The Morgan fingerprint density at radius 1 is 0.667 bits per heavy atom. The van der Waals surface area contributed by atoms with Gasteiger partial charge in [-0.1, -0.05) is 41.5 Å². The van der Waals surface area contributed by atoms with E-state index in [1.165, 1.54) is 25.7 Å². The maximum absolute atomic E-state index is 6.58. The molecule has 0 amide bonds. The first kappa shape index (κ1) is 17.7. The van der Waals surface area contributed by atoms with Crippen LogP contribution in [0.15, 0.2) is 0 Å². The first-order valence-electron chi connectivity index (χ1n) is 11.6. The van der Waals surface area contributed by atoms with Gasteiger partial charge in [0, 0.05) is 12.8 Å². The van der Waals surface area contributed by atoms with Crippen molar-refractivity contribution in [2.45, 2.75) is 105 Å². The van der Waals surface area contributed by atoms with Crippen LogP contribution in [0.5, 0.6) is 0 Å².